The Morgan fingerprint density at radius 1 is 1.39 bits per heavy atom. The first-order valence-corrected chi connectivity index (χ1v) is 9.66. The Hall–Kier alpha value is -1.14. The van der Waals surface area contributed by atoms with Crippen LogP contribution < -0.4 is 10.6 Å². The van der Waals surface area contributed by atoms with E-state index < -0.39 is 0 Å². The Morgan fingerprint density at radius 3 is 2.87 bits per heavy atom. The van der Waals surface area contributed by atoms with Gasteiger partial charge in [-0.05, 0) is 39.5 Å². The van der Waals surface area contributed by atoms with Crippen LogP contribution in [-0.4, -0.2) is 42.3 Å². The van der Waals surface area contributed by atoms with Gasteiger partial charge in [-0.1, -0.05) is 6.92 Å². The van der Waals surface area contributed by atoms with Crippen LogP contribution in [0.2, 0.25) is 0 Å². The van der Waals surface area contributed by atoms with E-state index in [1.165, 1.54) is 28.4 Å². The number of nitrogens with one attached hydrogen (secondary N) is 2. The first-order valence-electron chi connectivity index (χ1n) is 8.85. The summed E-state index contributed by atoms with van der Waals surface area (Å²) >= 11 is 1.81. The van der Waals surface area contributed by atoms with Gasteiger partial charge < -0.3 is 15.4 Å². The lowest BCUT2D eigenvalue weighted by molar-refractivity contribution is 0.0992. The average molecular weight is 337 g/mol. The molecule has 0 amide bonds. The number of ether oxygens (including phenoxy) is 1. The van der Waals surface area contributed by atoms with E-state index in [1.807, 2.05) is 0 Å². The highest BCUT2D eigenvalue weighted by molar-refractivity contribution is 7.11. The number of aliphatic imine (C=N–C) groups is 1. The molecule has 2 saturated heterocycles. The molecule has 3 atom stereocenters. The van der Waals surface area contributed by atoms with Gasteiger partial charge in [0.1, 0.15) is 0 Å². The van der Waals surface area contributed by atoms with Gasteiger partial charge in [0.15, 0.2) is 5.96 Å². The number of hydrogen-bond donors (Lipinski definition) is 2. The summed E-state index contributed by atoms with van der Waals surface area (Å²) in [5, 5.41) is 8.11. The fourth-order valence-corrected chi connectivity index (χ4v) is 4.48. The van der Waals surface area contributed by atoms with Gasteiger partial charge in [-0.3, -0.25) is 4.99 Å². The molecule has 6 heteroatoms. The fourth-order valence-electron chi connectivity index (χ4n) is 3.47. The molecule has 0 spiro atoms. The molecule has 1 aromatic rings. The summed E-state index contributed by atoms with van der Waals surface area (Å²) in [7, 11) is 0. The van der Waals surface area contributed by atoms with Gasteiger partial charge in [0.2, 0.25) is 0 Å². The molecule has 5 nitrogen and oxygen atoms in total. The predicted molar refractivity (Wildman–Crippen MR) is 95.3 cm³/mol. The Morgan fingerprint density at radius 2 is 2.26 bits per heavy atom. The van der Waals surface area contributed by atoms with Gasteiger partial charge in [0.25, 0.3) is 0 Å². The van der Waals surface area contributed by atoms with Crippen molar-refractivity contribution in [1.82, 2.24) is 15.6 Å². The van der Waals surface area contributed by atoms with Gasteiger partial charge >= 0.3 is 0 Å². The van der Waals surface area contributed by atoms with Gasteiger partial charge in [-0.15, -0.1) is 11.3 Å². The van der Waals surface area contributed by atoms with Crippen molar-refractivity contribution < 1.29 is 4.74 Å². The van der Waals surface area contributed by atoms with E-state index in [1.54, 1.807) is 11.3 Å². The summed E-state index contributed by atoms with van der Waals surface area (Å²) in [5.41, 5.74) is 1.23. The van der Waals surface area contributed by atoms with Crippen LogP contribution in [0.1, 0.15) is 48.7 Å². The number of guanidine groups is 1. The van der Waals surface area contributed by atoms with Crippen LogP contribution in [0.15, 0.2) is 4.99 Å². The van der Waals surface area contributed by atoms with Crippen molar-refractivity contribution in [3.8, 4) is 0 Å². The van der Waals surface area contributed by atoms with E-state index in [0.717, 1.165) is 38.3 Å². The molecule has 0 radical (unpaired) electrons. The molecule has 0 aromatic carbocycles. The summed E-state index contributed by atoms with van der Waals surface area (Å²) in [6, 6.07) is 0.417. The van der Waals surface area contributed by atoms with Gasteiger partial charge in [-0.25, -0.2) is 4.98 Å². The summed E-state index contributed by atoms with van der Waals surface area (Å²) in [4.78, 5) is 10.8. The molecule has 3 heterocycles. The van der Waals surface area contributed by atoms with Gasteiger partial charge in [0.05, 0.1) is 29.0 Å². The summed E-state index contributed by atoms with van der Waals surface area (Å²) in [5.74, 6) is 0.914. The number of hydrogen-bond acceptors (Lipinski definition) is 4. The van der Waals surface area contributed by atoms with E-state index in [4.69, 9.17) is 14.7 Å². The lowest BCUT2D eigenvalue weighted by atomic mass is 9.96. The molecule has 3 rings (SSSR count). The first-order chi connectivity index (χ1) is 11.2. The molecule has 2 fully saturated rings. The average Bonchev–Trinajstić information content (AvgIpc) is 3.23. The molecule has 2 N–H and O–H groups in total. The molecule has 3 unspecified atom stereocenters. The van der Waals surface area contributed by atoms with Gasteiger partial charge in [0, 0.05) is 24.4 Å². The summed E-state index contributed by atoms with van der Waals surface area (Å²) < 4.78 is 5.91. The minimum Gasteiger partial charge on any atom is -0.373 e. The normalized spacial score (nSPS) is 26.7. The topological polar surface area (TPSA) is 58.5 Å². The van der Waals surface area contributed by atoms with E-state index in [2.05, 4.69) is 31.4 Å². The standard InChI is InChI=1S/C17H28N4OS/c1-4-13-11(3)23-16(20-13)8-9-19-17(18-5-2)21-14-10-12-6-7-15(14)22-12/h12,14-15H,4-10H2,1-3H3,(H2,18,19,21). The third kappa shape index (κ3) is 4.04. The SMILES string of the molecule is CCNC(=NCCc1nc(CC)c(C)s1)NC1CC2CCC1O2. The smallest absolute Gasteiger partial charge is 0.191 e. The van der Waals surface area contributed by atoms with Crippen molar-refractivity contribution in [2.75, 3.05) is 13.1 Å². The van der Waals surface area contributed by atoms with Crippen LogP contribution in [0.25, 0.3) is 0 Å². The zero-order valence-electron chi connectivity index (χ0n) is 14.4. The zero-order chi connectivity index (χ0) is 16.2. The number of nitrogens with zero attached hydrogens (tertiary/aromatic N) is 2. The number of aryl methyl sites for hydroxylation is 2. The quantitative estimate of drug-likeness (QED) is 0.619. The van der Waals surface area contributed by atoms with Crippen molar-refractivity contribution in [2.45, 2.75) is 71.1 Å². The molecule has 2 aliphatic rings. The Bertz CT molecular complexity index is 557. The molecule has 23 heavy (non-hydrogen) atoms. The van der Waals surface area contributed by atoms with Crippen molar-refractivity contribution >= 4 is 17.3 Å². The van der Waals surface area contributed by atoms with Crippen LogP contribution in [-0.2, 0) is 17.6 Å². The molecular weight excluding hydrogens is 308 g/mol. The van der Waals surface area contributed by atoms with Crippen LogP contribution >= 0.6 is 11.3 Å². The van der Waals surface area contributed by atoms with Crippen molar-refractivity contribution in [2.24, 2.45) is 4.99 Å². The third-order valence-corrected chi connectivity index (χ3v) is 5.71. The van der Waals surface area contributed by atoms with Crippen molar-refractivity contribution in [3.05, 3.63) is 15.6 Å². The van der Waals surface area contributed by atoms with Crippen molar-refractivity contribution in [3.63, 3.8) is 0 Å². The lowest BCUT2D eigenvalue weighted by Crippen LogP contribution is -2.47. The van der Waals surface area contributed by atoms with Crippen LogP contribution in [0.5, 0.6) is 0 Å². The molecule has 2 aliphatic heterocycles. The molecule has 1 aromatic heterocycles. The fraction of sp³-hybridized carbons (Fsp3) is 0.765. The maximum absolute atomic E-state index is 5.91. The zero-order valence-corrected chi connectivity index (χ0v) is 15.2. The highest BCUT2D eigenvalue weighted by Gasteiger charge is 2.41. The van der Waals surface area contributed by atoms with E-state index in [0.29, 0.717) is 18.2 Å². The molecule has 0 aliphatic carbocycles. The monoisotopic (exact) mass is 336 g/mol. The van der Waals surface area contributed by atoms with Crippen LogP contribution in [0, 0.1) is 6.92 Å². The Balaban J connectivity index is 1.53. The van der Waals surface area contributed by atoms with E-state index in [9.17, 15) is 0 Å². The first kappa shape index (κ1) is 16.7. The highest BCUT2D eigenvalue weighted by atomic mass is 32.1. The number of aromatic nitrogens is 1. The maximum atomic E-state index is 5.91. The summed E-state index contributed by atoms with van der Waals surface area (Å²) in [6.45, 7) is 8.07. The maximum Gasteiger partial charge on any atom is 0.191 e. The Kier molecular flexibility index (Phi) is 5.54. The van der Waals surface area contributed by atoms with Crippen LogP contribution in [0.3, 0.4) is 0 Å². The van der Waals surface area contributed by atoms with Crippen molar-refractivity contribution in [1.29, 1.82) is 0 Å². The second-order valence-corrected chi connectivity index (χ2v) is 7.62. The number of fused-ring (bicyclic) bond motifs is 2. The second-order valence-electron chi connectivity index (χ2n) is 6.34. The van der Waals surface area contributed by atoms with Crippen LogP contribution in [0.4, 0.5) is 0 Å². The molecule has 0 saturated carbocycles. The molecule has 2 bridgehead atoms. The molecule has 128 valence electrons. The predicted octanol–water partition coefficient (Wildman–Crippen LogP) is 2.43. The minimum atomic E-state index is 0.373. The summed E-state index contributed by atoms with van der Waals surface area (Å²) in [6.07, 6.45) is 6.28. The van der Waals surface area contributed by atoms with Gasteiger partial charge in [-0.2, -0.15) is 0 Å². The second kappa shape index (κ2) is 7.62. The largest absolute Gasteiger partial charge is 0.373 e. The highest BCUT2D eigenvalue weighted by Crippen LogP contribution is 2.34. The number of rotatable bonds is 6. The Labute approximate surface area is 142 Å². The van der Waals surface area contributed by atoms with E-state index >= 15 is 0 Å². The molecular formula is C17H28N4OS. The minimum absolute atomic E-state index is 0.373. The lowest BCUT2D eigenvalue weighted by Gasteiger charge is -2.22. The van der Waals surface area contributed by atoms with E-state index in [-0.39, 0.29) is 0 Å². The third-order valence-electron chi connectivity index (χ3n) is 4.64. The number of thiazole rings is 1.